The average Bonchev–Trinajstić information content (AvgIpc) is 2.75. The lowest BCUT2D eigenvalue weighted by molar-refractivity contribution is 0.101. The van der Waals surface area contributed by atoms with E-state index in [-0.39, 0.29) is 5.69 Å². The predicted molar refractivity (Wildman–Crippen MR) is 80.8 cm³/mol. The number of hydrogen-bond donors (Lipinski definition) is 0. The molecule has 4 rings (SSSR count). The zero-order chi connectivity index (χ0) is 15.2. The molecule has 7 heteroatoms. The number of carbonyl (C=O) groups is 1. The molecule has 21 heavy (non-hydrogen) atoms. The van der Waals surface area contributed by atoms with Crippen LogP contribution in [-0.4, -0.2) is 35.6 Å². The summed E-state index contributed by atoms with van der Waals surface area (Å²) in [4.78, 5) is 18.5. The molecule has 0 saturated heterocycles. The molecule has 2 unspecified atom stereocenters. The standard InChI is InChI=1S/C14H16N2O3S2/c1-14(2)7-4-9-12(11(7)14)20-13-15-8(5-16(9)13)10(17)6-21(3,18)19/h5,7,11H,4,6H2,1-3H3. The lowest BCUT2D eigenvalue weighted by Crippen LogP contribution is -2.14. The number of hydrogen-bond acceptors (Lipinski definition) is 5. The fraction of sp³-hybridized carbons (Fsp3) is 0.571. The van der Waals surface area contributed by atoms with Gasteiger partial charge in [0.2, 0.25) is 0 Å². The molecule has 0 radical (unpaired) electrons. The Balaban J connectivity index is 1.71. The summed E-state index contributed by atoms with van der Waals surface area (Å²) in [6.45, 7) is 4.60. The number of thiazole rings is 1. The Bertz CT molecular complexity index is 889. The van der Waals surface area contributed by atoms with Crippen LogP contribution in [0, 0.1) is 11.3 Å². The minimum atomic E-state index is -3.32. The van der Waals surface area contributed by atoms with Gasteiger partial charge in [-0.2, -0.15) is 0 Å². The first-order chi connectivity index (χ1) is 9.68. The molecule has 0 N–H and O–H groups in total. The SMILES string of the molecule is CC1(C)C2Cc3c(sc4nc(C(=O)CS(C)(=O)=O)cn34)C21. The molecule has 0 aliphatic heterocycles. The minimum Gasteiger partial charge on any atom is -0.294 e. The first-order valence-corrected chi connectivity index (χ1v) is 9.78. The van der Waals surface area contributed by atoms with Gasteiger partial charge in [0.1, 0.15) is 11.4 Å². The molecule has 0 spiro atoms. The van der Waals surface area contributed by atoms with Gasteiger partial charge in [-0.3, -0.25) is 9.20 Å². The van der Waals surface area contributed by atoms with Crippen molar-refractivity contribution >= 4 is 31.9 Å². The number of fused-ring (bicyclic) bond motifs is 5. The topological polar surface area (TPSA) is 68.5 Å². The number of rotatable bonds is 3. The van der Waals surface area contributed by atoms with Gasteiger partial charge in [0, 0.05) is 28.9 Å². The van der Waals surface area contributed by atoms with Gasteiger partial charge < -0.3 is 0 Å². The van der Waals surface area contributed by atoms with Crippen LogP contribution in [0.25, 0.3) is 4.96 Å². The van der Waals surface area contributed by atoms with Gasteiger partial charge in [0.05, 0.1) is 0 Å². The second-order valence-electron chi connectivity index (χ2n) is 6.79. The predicted octanol–water partition coefficient (Wildman–Crippen LogP) is 1.92. The van der Waals surface area contributed by atoms with Crippen LogP contribution in [0.15, 0.2) is 6.20 Å². The molecule has 2 aromatic rings. The van der Waals surface area contributed by atoms with Crippen molar-refractivity contribution in [2.75, 3.05) is 12.0 Å². The highest BCUT2D eigenvalue weighted by Gasteiger charge is 2.63. The first kappa shape index (κ1) is 13.5. The lowest BCUT2D eigenvalue weighted by Gasteiger charge is -2.07. The van der Waals surface area contributed by atoms with E-state index in [4.69, 9.17) is 0 Å². The van der Waals surface area contributed by atoms with E-state index in [1.807, 2.05) is 4.40 Å². The molecule has 0 aromatic carbocycles. The van der Waals surface area contributed by atoms with Crippen molar-refractivity contribution in [3.63, 3.8) is 0 Å². The Kier molecular flexibility index (Phi) is 2.41. The third kappa shape index (κ3) is 1.83. The maximum atomic E-state index is 12.0. The van der Waals surface area contributed by atoms with Gasteiger partial charge in [-0.25, -0.2) is 13.4 Å². The third-order valence-corrected chi connectivity index (χ3v) is 6.84. The molecule has 1 saturated carbocycles. The average molecular weight is 324 g/mol. The van der Waals surface area contributed by atoms with Crippen molar-refractivity contribution in [2.24, 2.45) is 11.3 Å². The van der Waals surface area contributed by atoms with Crippen LogP contribution in [0.1, 0.15) is 40.8 Å². The van der Waals surface area contributed by atoms with Crippen LogP contribution in [0.2, 0.25) is 0 Å². The Morgan fingerprint density at radius 2 is 2.24 bits per heavy atom. The lowest BCUT2D eigenvalue weighted by atomic mass is 10.0. The van der Waals surface area contributed by atoms with Gasteiger partial charge in [-0.05, 0) is 17.8 Å². The molecule has 1 fully saturated rings. The highest BCUT2D eigenvalue weighted by molar-refractivity contribution is 7.91. The van der Waals surface area contributed by atoms with Gasteiger partial charge in [-0.15, -0.1) is 11.3 Å². The van der Waals surface area contributed by atoms with Crippen LogP contribution >= 0.6 is 11.3 Å². The van der Waals surface area contributed by atoms with E-state index in [1.165, 1.54) is 10.6 Å². The molecular formula is C14H16N2O3S2. The van der Waals surface area contributed by atoms with E-state index in [0.29, 0.717) is 17.3 Å². The zero-order valence-electron chi connectivity index (χ0n) is 12.1. The zero-order valence-corrected chi connectivity index (χ0v) is 13.7. The fourth-order valence-corrected chi connectivity index (χ4v) is 5.77. The van der Waals surface area contributed by atoms with Gasteiger partial charge in [0.25, 0.3) is 0 Å². The second kappa shape index (κ2) is 3.76. The van der Waals surface area contributed by atoms with Crippen molar-refractivity contribution in [1.82, 2.24) is 9.38 Å². The molecule has 0 amide bonds. The molecule has 2 aliphatic carbocycles. The van der Waals surface area contributed by atoms with Gasteiger partial charge in [-0.1, -0.05) is 13.8 Å². The summed E-state index contributed by atoms with van der Waals surface area (Å²) in [5, 5.41) is 0. The van der Waals surface area contributed by atoms with E-state index in [1.54, 1.807) is 17.5 Å². The van der Waals surface area contributed by atoms with Crippen LogP contribution < -0.4 is 0 Å². The number of nitrogens with zero attached hydrogens (tertiary/aromatic N) is 2. The van der Waals surface area contributed by atoms with Crippen LogP contribution in [0.4, 0.5) is 0 Å². The molecule has 2 aromatic heterocycles. The summed E-state index contributed by atoms with van der Waals surface area (Å²) in [6.07, 6.45) is 3.80. The molecule has 2 atom stereocenters. The second-order valence-corrected chi connectivity index (χ2v) is 9.94. The maximum absolute atomic E-state index is 12.0. The number of Topliss-reactive ketones (excluding diaryl/α,β-unsaturated/α-hetero) is 1. The van der Waals surface area contributed by atoms with Crippen molar-refractivity contribution in [3.05, 3.63) is 22.5 Å². The first-order valence-electron chi connectivity index (χ1n) is 6.90. The summed E-state index contributed by atoms with van der Waals surface area (Å²) in [5.74, 6) is 0.443. The van der Waals surface area contributed by atoms with E-state index in [2.05, 4.69) is 18.8 Å². The normalized spacial score (nSPS) is 25.9. The van der Waals surface area contributed by atoms with E-state index >= 15 is 0 Å². The van der Waals surface area contributed by atoms with E-state index in [9.17, 15) is 13.2 Å². The minimum absolute atomic E-state index is 0.259. The van der Waals surface area contributed by atoms with Crippen molar-refractivity contribution in [1.29, 1.82) is 0 Å². The van der Waals surface area contributed by atoms with Crippen molar-refractivity contribution in [3.8, 4) is 0 Å². The molecule has 2 aliphatic rings. The smallest absolute Gasteiger partial charge is 0.197 e. The number of imidazole rings is 1. The van der Waals surface area contributed by atoms with Crippen LogP contribution in [-0.2, 0) is 16.3 Å². The highest BCUT2D eigenvalue weighted by Crippen LogP contribution is 2.71. The monoisotopic (exact) mass is 324 g/mol. The number of aromatic nitrogens is 2. The Morgan fingerprint density at radius 3 is 2.90 bits per heavy atom. The highest BCUT2D eigenvalue weighted by atomic mass is 32.2. The van der Waals surface area contributed by atoms with Crippen molar-refractivity contribution in [2.45, 2.75) is 26.2 Å². The van der Waals surface area contributed by atoms with Gasteiger partial charge in [0.15, 0.2) is 20.6 Å². The number of sulfone groups is 1. The largest absolute Gasteiger partial charge is 0.294 e. The Morgan fingerprint density at radius 1 is 1.52 bits per heavy atom. The fourth-order valence-electron chi connectivity index (χ4n) is 3.65. The van der Waals surface area contributed by atoms with Crippen LogP contribution in [0.3, 0.4) is 0 Å². The van der Waals surface area contributed by atoms with E-state index in [0.717, 1.165) is 17.6 Å². The summed E-state index contributed by atoms with van der Waals surface area (Å²) >= 11 is 1.64. The summed E-state index contributed by atoms with van der Waals surface area (Å²) in [5.41, 5.74) is 1.91. The van der Waals surface area contributed by atoms with E-state index < -0.39 is 21.4 Å². The molecule has 0 bridgehead atoms. The van der Waals surface area contributed by atoms with Crippen LogP contribution in [0.5, 0.6) is 0 Å². The summed E-state index contributed by atoms with van der Waals surface area (Å²) in [6, 6.07) is 0. The molecular weight excluding hydrogens is 308 g/mol. The van der Waals surface area contributed by atoms with Gasteiger partial charge >= 0.3 is 0 Å². The Hall–Kier alpha value is -1.21. The molecule has 112 valence electrons. The Labute approximate surface area is 126 Å². The molecule has 5 nitrogen and oxygen atoms in total. The molecule has 2 heterocycles. The third-order valence-electron chi connectivity index (χ3n) is 4.88. The summed E-state index contributed by atoms with van der Waals surface area (Å²) in [7, 11) is -3.32. The maximum Gasteiger partial charge on any atom is 0.197 e. The number of ketones is 1. The quantitative estimate of drug-likeness (QED) is 0.809. The summed E-state index contributed by atoms with van der Waals surface area (Å²) < 4.78 is 24.4. The van der Waals surface area contributed by atoms with Crippen molar-refractivity contribution < 1.29 is 13.2 Å². The number of carbonyl (C=O) groups excluding carboxylic acids is 1.